The first-order valence-electron chi connectivity index (χ1n) is 9.45. The highest BCUT2D eigenvalue weighted by Gasteiger charge is 2.38. The molecule has 0 aromatic rings. The summed E-state index contributed by atoms with van der Waals surface area (Å²) in [4.78, 5) is 11.9. The standard InChI is InChI=1S/C18H38O4SSi/c1-5-6-7-8-9-10-11-12-13-14-15-16-18(19)23-17-24(20-2,21-3)22-4/h5-17H2,1-4H3. The fraction of sp³-hybridized carbons (Fsp3) is 0.944. The summed E-state index contributed by atoms with van der Waals surface area (Å²) in [6.07, 6.45) is 15.0. The van der Waals surface area contributed by atoms with Crippen LogP contribution in [0.25, 0.3) is 0 Å². The van der Waals surface area contributed by atoms with Gasteiger partial charge in [-0.3, -0.25) is 4.79 Å². The van der Waals surface area contributed by atoms with Crippen LogP contribution in [0, 0.1) is 0 Å². The van der Waals surface area contributed by atoms with Gasteiger partial charge in [-0.1, -0.05) is 82.9 Å². The van der Waals surface area contributed by atoms with Gasteiger partial charge in [0.1, 0.15) is 0 Å². The van der Waals surface area contributed by atoms with Gasteiger partial charge in [-0.2, -0.15) is 0 Å². The highest BCUT2D eigenvalue weighted by atomic mass is 32.2. The first-order chi connectivity index (χ1) is 11.6. The molecule has 0 saturated carbocycles. The fourth-order valence-electron chi connectivity index (χ4n) is 2.60. The van der Waals surface area contributed by atoms with Crippen LogP contribution in [0.3, 0.4) is 0 Å². The molecule has 0 aromatic carbocycles. The van der Waals surface area contributed by atoms with Crippen LogP contribution in [0.4, 0.5) is 0 Å². The Balaban J connectivity index is 3.46. The molecule has 144 valence electrons. The molecule has 0 fully saturated rings. The summed E-state index contributed by atoms with van der Waals surface area (Å²) in [5.74, 6) is 0. The van der Waals surface area contributed by atoms with Crippen molar-refractivity contribution in [1.29, 1.82) is 0 Å². The molecule has 0 spiro atoms. The predicted molar refractivity (Wildman–Crippen MR) is 105 cm³/mol. The Morgan fingerprint density at radius 1 is 0.750 bits per heavy atom. The highest BCUT2D eigenvalue weighted by molar-refractivity contribution is 8.14. The largest absolute Gasteiger partial charge is 0.511 e. The third-order valence-corrected chi connectivity index (χ3v) is 8.71. The van der Waals surface area contributed by atoms with Crippen molar-refractivity contribution in [2.24, 2.45) is 0 Å². The van der Waals surface area contributed by atoms with E-state index in [2.05, 4.69) is 6.92 Å². The van der Waals surface area contributed by atoms with Gasteiger partial charge in [0, 0.05) is 27.8 Å². The number of hydrogen-bond acceptors (Lipinski definition) is 5. The van der Waals surface area contributed by atoms with E-state index < -0.39 is 8.80 Å². The maximum absolute atomic E-state index is 11.9. The average molecular weight is 379 g/mol. The zero-order chi connectivity index (χ0) is 18.1. The van der Waals surface area contributed by atoms with Crippen LogP contribution in [-0.2, 0) is 18.1 Å². The topological polar surface area (TPSA) is 44.8 Å². The normalized spacial score (nSPS) is 11.8. The monoisotopic (exact) mass is 378 g/mol. The summed E-state index contributed by atoms with van der Waals surface area (Å²) in [5.41, 5.74) is 0. The van der Waals surface area contributed by atoms with Crippen LogP contribution in [0.15, 0.2) is 0 Å². The van der Waals surface area contributed by atoms with Crippen LogP contribution >= 0.6 is 11.8 Å². The van der Waals surface area contributed by atoms with Crippen molar-refractivity contribution in [1.82, 2.24) is 0 Å². The van der Waals surface area contributed by atoms with E-state index in [1.807, 2.05) is 0 Å². The van der Waals surface area contributed by atoms with Gasteiger partial charge in [0.15, 0.2) is 5.12 Å². The Morgan fingerprint density at radius 2 is 1.17 bits per heavy atom. The molecule has 0 unspecified atom stereocenters. The molecule has 6 heteroatoms. The van der Waals surface area contributed by atoms with Gasteiger partial charge >= 0.3 is 8.80 Å². The van der Waals surface area contributed by atoms with Crippen molar-refractivity contribution in [3.05, 3.63) is 0 Å². The third kappa shape index (κ3) is 12.5. The first-order valence-corrected chi connectivity index (χ1v) is 12.4. The van der Waals surface area contributed by atoms with E-state index >= 15 is 0 Å². The van der Waals surface area contributed by atoms with Crippen LogP contribution in [0.5, 0.6) is 0 Å². The summed E-state index contributed by atoms with van der Waals surface area (Å²) >= 11 is 1.29. The van der Waals surface area contributed by atoms with Gasteiger partial charge in [-0.05, 0) is 6.42 Å². The van der Waals surface area contributed by atoms with E-state index in [-0.39, 0.29) is 5.12 Å². The van der Waals surface area contributed by atoms with Gasteiger partial charge in [-0.15, -0.1) is 0 Å². The second-order valence-electron chi connectivity index (χ2n) is 6.24. The van der Waals surface area contributed by atoms with E-state index in [9.17, 15) is 4.79 Å². The molecule has 0 radical (unpaired) electrons. The molecule has 0 atom stereocenters. The van der Waals surface area contributed by atoms with Gasteiger partial charge in [0.05, 0.1) is 5.38 Å². The van der Waals surface area contributed by atoms with Crippen LogP contribution in [0.2, 0.25) is 0 Å². The van der Waals surface area contributed by atoms with E-state index in [0.29, 0.717) is 11.8 Å². The quantitative estimate of drug-likeness (QED) is 0.252. The molecule has 0 aromatic heterocycles. The number of thioether (sulfide) groups is 1. The lowest BCUT2D eigenvalue weighted by Gasteiger charge is -2.23. The Kier molecular flexibility index (Phi) is 16.7. The minimum atomic E-state index is -2.62. The van der Waals surface area contributed by atoms with Crippen LogP contribution in [0.1, 0.15) is 84.0 Å². The molecule has 0 rings (SSSR count). The lowest BCUT2D eigenvalue weighted by Crippen LogP contribution is -2.46. The summed E-state index contributed by atoms with van der Waals surface area (Å²) in [6.45, 7) is 2.26. The maximum Gasteiger partial charge on any atom is 0.511 e. The van der Waals surface area contributed by atoms with E-state index in [1.165, 1.54) is 69.5 Å². The lowest BCUT2D eigenvalue weighted by molar-refractivity contribution is -0.111. The predicted octanol–water partition coefficient (Wildman–Crippen LogP) is 5.36. The molecule has 0 amide bonds. The number of carbonyl (C=O) groups excluding carboxylic acids is 1. The van der Waals surface area contributed by atoms with Crippen molar-refractivity contribution >= 4 is 25.7 Å². The zero-order valence-corrected chi connectivity index (χ0v) is 18.1. The Bertz CT molecular complexity index is 290. The fourth-order valence-corrected chi connectivity index (χ4v) is 6.16. The second-order valence-corrected chi connectivity index (χ2v) is 10.7. The Labute approximate surface area is 154 Å². The minimum absolute atomic E-state index is 0.217. The maximum atomic E-state index is 11.9. The molecule has 0 N–H and O–H groups in total. The molecule has 0 saturated heterocycles. The average Bonchev–Trinajstić information content (AvgIpc) is 2.61. The Morgan fingerprint density at radius 3 is 1.58 bits per heavy atom. The first kappa shape index (κ1) is 24.1. The van der Waals surface area contributed by atoms with Gasteiger partial charge in [-0.25, -0.2) is 0 Å². The van der Waals surface area contributed by atoms with Crippen LogP contribution < -0.4 is 0 Å². The summed E-state index contributed by atoms with van der Waals surface area (Å²) in [6, 6.07) is 0. The zero-order valence-electron chi connectivity index (χ0n) is 16.2. The summed E-state index contributed by atoms with van der Waals surface area (Å²) < 4.78 is 16.0. The SMILES string of the molecule is CCCCCCCCCCCCCC(=O)SC[Si](OC)(OC)OC. The highest BCUT2D eigenvalue weighted by Crippen LogP contribution is 2.18. The van der Waals surface area contributed by atoms with E-state index in [0.717, 1.165) is 12.8 Å². The van der Waals surface area contributed by atoms with Crippen molar-refractivity contribution < 1.29 is 18.1 Å². The summed E-state index contributed by atoms with van der Waals surface area (Å²) in [7, 11) is 2.11. The van der Waals surface area contributed by atoms with Crippen molar-refractivity contribution in [3.8, 4) is 0 Å². The molecule has 24 heavy (non-hydrogen) atoms. The summed E-state index contributed by atoms with van der Waals surface area (Å²) in [5, 5.41) is 0.710. The van der Waals surface area contributed by atoms with Crippen molar-refractivity contribution in [3.63, 3.8) is 0 Å². The molecular formula is C18H38O4SSi. The third-order valence-electron chi connectivity index (χ3n) is 4.33. The number of rotatable bonds is 17. The van der Waals surface area contributed by atoms with Gasteiger partial charge in [0.25, 0.3) is 0 Å². The molecule has 0 bridgehead atoms. The second kappa shape index (κ2) is 16.6. The van der Waals surface area contributed by atoms with Crippen molar-refractivity contribution in [2.45, 2.75) is 84.0 Å². The van der Waals surface area contributed by atoms with Gasteiger partial charge < -0.3 is 13.3 Å². The number of hydrogen-bond donors (Lipinski definition) is 0. The molecule has 0 aliphatic heterocycles. The molecule has 4 nitrogen and oxygen atoms in total. The van der Waals surface area contributed by atoms with Crippen LogP contribution in [-0.4, -0.2) is 40.6 Å². The molecule has 0 aliphatic carbocycles. The Hall–Kier alpha value is 0.117. The van der Waals surface area contributed by atoms with Gasteiger partial charge in [0.2, 0.25) is 0 Å². The van der Waals surface area contributed by atoms with Crippen molar-refractivity contribution in [2.75, 3.05) is 26.7 Å². The number of carbonyl (C=O) groups is 1. The lowest BCUT2D eigenvalue weighted by atomic mass is 10.1. The molecular weight excluding hydrogens is 340 g/mol. The minimum Gasteiger partial charge on any atom is -0.376 e. The number of unbranched alkanes of at least 4 members (excludes halogenated alkanes) is 10. The van der Waals surface area contributed by atoms with E-state index in [4.69, 9.17) is 13.3 Å². The smallest absolute Gasteiger partial charge is 0.376 e. The molecule has 0 heterocycles. The van der Waals surface area contributed by atoms with E-state index in [1.54, 1.807) is 21.3 Å². The molecule has 0 aliphatic rings.